The van der Waals surface area contributed by atoms with Crippen molar-refractivity contribution in [2.75, 3.05) is 14.2 Å². The van der Waals surface area contributed by atoms with Gasteiger partial charge in [-0.2, -0.15) is 0 Å². The van der Waals surface area contributed by atoms with Gasteiger partial charge in [0.1, 0.15) is 0 Å². The average Bonchev–Trinajstić information content (AvgIpc) is 2.85. The van der Waals surface area contributed by atoms with Crippen LogP contribution in [-0.4, -0.2) is 20.0 Å². The predicted octanol–water partition coefficient (Wildman–Crippen LogP) is 8.49. The van der Waals surface area contributed by atoms with Gasteiger partial charge in [0.15, 0.2) is 5.76 Å². The third kappa shape index (κ3) is 3.70. The number of allylic oxidation sites excluding steroid dienone is 7. The first-order chi connectivity index (χ1) is 17.1. The van der Waals surface area contributed by atoms with E-state index in [0.717, 1.165) is 24.0 Å². The molecule has 5 aliphatic rings. The molecular weight excluding hydrogens is 483 g/mol. The van der Waals surface area contributed by atoms with Gasteiger partial charge in [-0.05, 0) is 96.7 Å². The Morgan fingerprint density at radius 3 is 2.19 bits per heavy atom. The van der Waals surface area contributed by atoms with Crippen molar-refractivity contribution >= 4 is 13.6 Å². The second kappa shape index (κ2) is 8.29. The molecule has 0 radical (unpaired) electrons. The highest BCUT2D eigenvalue weighted by atomic mass is 31.2. The summed E-state index contributed by atoms with van der Waals surface area (Å²) in [7, 11) is -1.32. The molecule has 5 rings (SSSR count). The van der Waals surface area contributed by atoms with Crippen LogP contribution in [-0.2, 0) is 22.9 Å². The lowest BCUT2D eigenvalue weighted by Crippen LogP contribution is -2.61. The topological polar surface area (TPSA) is 61.8 Å². The molecule has 0 N–H and O–H groups in total. The Balaban J connectivity index is 1.60. The van der Waals surface area contributed by atoms with Crippen molar-refractivity contribution in [3.63, 3.8) is 0 Å². The summed E-state index contributed by atoms with van der Waals surface area (Å²) in [6.45, 7) is 16.8. The molecule has 0 saturated heterocycles. The van der Waals surface area contributed by atoms with Crippen LogP contribution >= 0.6 is 7.82 Å². The monoisotopic (exact) mass is 528 g/mol. The summed E-state index contributed by atoms with van der Waals surface area (Å²) in [5, 5.41) is 0. The van der Waals surface area contributed by atoms with Crippen LogP contribution in [0.1, 0.15) is 93.4 Å². The first-order valence-corrected chi connectivity index (χ1v) is 15.4. The molecule has 5 aliphatic carbocycles. The number of rotatable bonds is 4. The molecule has 5 atom stereocenters. The second-order valence-electron chi connectivity index (χ2n) is 14.1. The molecule has 0 amide bonds. The van der Waals surface area contributed by atoms with Gasteiger partial charge in [0.05, 0.1) is 0 Å². The summed E-state index contributed by atoms with van der Waals surface area (Å²) >= 11 is 0. The maximum Gasteiger partial charge on any atom is 0.529 e. The van der Waals surface area contributed by atoms with Crippen LogP contribution in [0.25, 0.3) is 0 Å². The van der Waals surface area contributed by atoms with E-state index in [0.29, 0.717) is 22.3 Å². The molecule has 204 valence electrons. The van der Waals surface area contributed by atoms with Crippen LogP contribution in [0, 0.1) is 33.0 Å². The van der Waals surface area contributed by atoms with Crippen molar-refractivity contribution in [3.05, 3.63) is 46.3 Å². The lowest BCUT2D eigenvalue weighted by Gasteiger charge is -2.70. The molecule has 0 heterocycles. The van der Waals surface area contributed by atoms with E-state index in [4.69, 9.17) is 13.6 Å². The first-order valence-electron chi connectivity index (χ1n) is 13.9. The SMILES string of the molecule is COP(=O)(OC)OC1=C(C)C2=CC=C3[C@@](C)(CC[C@@]4(C)[C@@H]5CC(C)(C)CC[C@]5(C)CC[C@]34C)C2=CC1=O. The minimum absolute atomic E-state index is 0.0483. The lowest BCUT2D eigenvalue weighted by molar-refractivity contribution is -0.159. The summed E-state index contributed by atoms with van der Waals surface area (Å²) in [5.41, 5.74) is 5.12. The Kier molecular flexibility index (Phi) is 6.09. The Labute approximate surface area is 223 Å². The zero-order valence-electron chi connectivity index (χ0n) is 24.2. The highest BCUT2D eigenvalue weighted by Crippen LogP contribution is 2.75. The molecule has 6 heteroatoms. The molecule has 0 aromatic rings. The number of hydrogen-bond donors (Lipinski definition) is 0. The summed E-state index contributed by atoms with van der Waals surface area (Å²) in [4.78, 5) is 13.4. The molecule has 37 heavy (non-hydrogen) atoms. The fourth-order valence-electron chi connectivity index (χ4n) is 8.99. The van der Waals surface area contributed by atoms with Crippen LogP contribution < -0.4 is 0 Å². The number of fused-ring (bicyclic) bond motifs is 7. The number of phosphoric ester groups is 1. The van der Waals surface area contributed by atoms with Crippen molar-refractivity contribution in [3.8, 4) is 0 Å². The number of phosphoric acid groups is 1. The standard InChI is InChI=1S/C31H45O5P/c1-20-21-10-11-24-29(5,22(21)18-23(32)26(20)36-37(33,34-8)35-9)15-17-31(7)25-19-27(2,3)12-13-28(25,4)14-16-30(24,31)6/h10-11,18,25H,12-17,19H2,1-9H3/t25-,28-,29+,30-,31+/m1/s1. The van der Waals surface area contributed by atoms with Gasteiger partial charge in [0.2, 0.25) is 5.78 Å². The van der Waals surface area contributed by atoms with E-state index in [1.54, 1.807) is 6.08 Å². The summed E-state index contributed by atoms with van der Waals surface area (Å²) in [6.07, 6.45) is 14.8. The summed E-state index contributed by atoms with van der Waals surface area (Å²) in [6, 6.07) is 0. The Morgan fingerprint density at radius 1 is 0.892 bits per heavy atom. The third-order valence-corrected chi connectivity index (χ3v) is 13.0. The van der Waals surface area contributed by atoms with Crippen LogP contribution in [0.4, 0.5) is 0 Å². The van der Waals surface area contributed by atoms with Crippen molar-refractivity contribution in [2.45, 2.75) is 93.4 Å². The number of ketones is 1. The van der Waals surface area contributed by atoms with E-state index in [1.165, 1.54) is 51.9 Å². The van der Waals surface area contributed by atoms with Gasteiger partial charge in [0.25, 0.3) is 0 Å². The van der Waals surface area contributed by atoms with E-state index in [-0.39, 0.29) is 27.8 Å². The molecule has 3 fully saturated rings. The summed E-state index contributed by atoms with van der Waals surface area (Å²) < 4.78 is 28.1. The fraction of sp³-hybridized carbons (Fsp3) is 0.710. The van der Waals surface area contributed by atoms with Gasteiger partial charge in [-0.3, -0.25) is 13.8 Å². The molecule has 0 aromatic heterocycles. The van der Waals surface area contributed by atoms with Crippen LogP contribution in [0.5, 0.6) is 0 Å². The normalized spacial score (nSPS) is 40.9. The second-order valence-corrected chi connectivity index (χ2v) is 15.9. The van der Waals surface area contributed by atoms with Crippen LogP contribution in [0.15, 0.2) is 46.3 Å². The van der Waals surface area contributed by atoms with Crippen molar-refractivity contribution in [1.82, 2.24) is 0 Å². The van der Waals surface area contributed by atoms with Gasteiger partial charge in [0, 0.05) is 25.2 Å². The predicted molar refractivity (Wildman–Crippen MR) is 147 cm³/mol. The van der Waals surface area contributed by atoms with Crippen molar-refractivity contribution in [1.29, 1.82) is 0 Å². The van der Waals surface area contributed by atoms with Crippen molar-refractivity contribution in [2.24, 2.45) is 33.0 Å². The minimum atomic E-state index is -3.84. The number of hydrogen-bond acceptors (Lipinski definition) is 5. The summed E-state index contributed by atoms with van der Waals surface area (Å²) in [5.74, 6) is 0.469. The van der Waals surface area contributed by atoms with Gasteiger partial charge in [-0.15, -0.1) is 0 Å². The quantitative estimate of drug-likeness (QED) is 0.342. The van der Waals surface area contributed by atoms with E-state index in [1.807, 2.05) is 6.92 Å². The highest BCUT2D eigenvalue weighted by Gasteiger charge is 2.66. The largest absolute Gasteiger partial charge is 0.529 e. The molecule has 0 unspecified atom stereocenters. The molecule has 0 bridgehead atoms. The van der Waals surface area contributed by atoms with E-state index < -0.39 is 7.82 Å². The maximum absolute atomic E-state index is 13.4. The maximum atomic E-state index is 13.4. The van der Waals surface area contributed by atoms with E-state index in [2.05, 4.69) is 53.7 Å². The van der Waals surface area contributed by atoms with Crippen LogP contribution in [0.3, 0.4) is 0 Å². The molecule has 0 aromatic carbocycles. The Morgan fingerprint density at radius 2 is 1.54 bits per heavy atom. The van der Waals surface area contributed by atoms with Gasteiger partial charge < -0.3 is 4.52 Å². The van der Waals surface area contributed by atoms with Gasteiger partial charge >= 0.3 is 7.82 Å². The molecule has 5 nitrogen and oxygen atoms in total. The average molecular weight is 529 g/mol. The number of carbonyl (C=O) groups is 1. The van der Waals surface area contributed by atoms with E-state index >= 15 is 0 Å². The molecule has 3 saturated carbocycles. The molecule has 0 aliphatic heterocycles. The van der Waals surface area contributed by atoms with E-state index in [9.17, 15) is 9.36 Å². The minimum Gasteiger partial charge on any atom is -0.400 e. The van der Waals surface area contributed by atoms with Gasteiger partial charge in [-0.1, -0.05) is 59.3 Å². The lowest BCUT2D eigenvalue weighted by atomic mass is 9.34. The van der Waals surface area contributed by atoms with Gasteiger partial charge in [-0.25, -0.2) is 4.57 Å². The Hall–Kier alpha value is -1.42. The third-order valence-electron chi connectivity index (χ3n) is 11.7. The number of carbonyl (C=O) groups excluding carboxylic acids is 1. The smallest absolute Gasteiger partial charge is 0.400 e. The molecular formula is C31H45O5P. The van der Waals surface area contributed by atoms with Crippen LogP contribution in [0.2, 0.25) is 0 Å². The highest BCUT2D eigenvalue weighted by molar-refractivity contribution is 7.48. The first kappa shape index (κ1) is 27.2. The zero-order valence-corrected chi connectivity index (χ0v) is 25.1. The zero-order chi connectivity index (χ0) is 27.2. The molecule has 0 spiro atoms. The Bertz CT molecular complexity index is 1210. The fourth-order valence-corrected chi connectivity index (χ4v) is 9.74. The van der Waals surface area contributed by atoms with Crippen molar-refractivity contribution < 1.29 is 22.9 Å².